The molecular weight excluding hydrogens is 346 g/mol. The SMILES string of the molecule is Nc1ccc2c(c1)ncn2C(=O)c1cc2ccc(Br)cc2o1. The molecule has 22 heavy (non-hydrogen) atoms. The maximum Gasteiger partial charge on any atom is 0.299 e. The molecule has 2 heterocycles. The highest BCUT2D eigenvalue weighted by molar-refractivity contribution is 9.10. The van der Waals surface area contributed by atoms with Crippen LogP contribution in [0.3, 0.4) is 0 Å². The van der Waals surface area contributed by atoms with Crippen molar-refractivity contribution in [3.63, 3.8) is 0 Å². The van der Waals surface area contributed by atoms with Crippen molar-refractivity contribution in [1.29, 1.82) is 0 Å². The average molecular weight is 356 g/mol. The van der Waals surface area contributed by atoms with E-state index in [1.54, 1.807) is 24.3 Å². The first-order valence-electron chi connectivity index (χ1n) is 6.58. The second-order valence-corrected chi connectivity index (χ2v) is 5.88. The van der Waals surface area contributed by atoms with Crippen LogP contribution in [0.4, 0.5) is 5.69 Å². The number of halogens is 1. The summed E-state index contributed by atoms with van der Waals surface area (Å²) in [6.45, 7) is 0. The van der Waals surface area contributed by atoms with Gasteiger partial charge in [-0.05, 0) is 42.5 Å². The maximum absolute atomic E-state index is 12.6. The molecule has 0 atom stereocenters. The zero-order valence-electron chi connectivity index (χ0n) is 11.3. The van der Waals surface area contributed by atoms with Crippen LogP contribution in [0, 0.1) is 0 Å². The Kier molecular flexibility index (Phi) is 2.80. The van der Waals surface area contributed by atoms with Gasteiger partial charge in [0.05, 0.1) is 11.0 Å². The summed E-state index contributed by atoms with van der Waals surface area (Å²) in [4.78, 5) is 16.9. The van der Waals surface area contributed by atoms with E-state index in [1.165, 1.54) is 10.9 Å². The van der Waals surface area contributed by atoms with Gasteiger partial charge >= 0.3 is 0 Å². The molecule has 4 aromatic rings. The lowest BCUT2D eigenvalue weighted by Gasteiger charge is -2.00. The van der Waals surface area contributed by atoms with Crippen molar-refractivity contribution in [3.8, 4) is 0 Å². The lowest BCUT2D eigenvalue weighted by Crippen LogP contribution is -2.09. The lowest BCUT2D eigenvalue weighted by molar-refractivity contribution is 0.0939. The third-order valence-electron chi connectivity index (χ3n) is 3.48. The van der Waals surface area contributed by atoms with E-state index in [1.807, 2.05) is 18.2 Å². The quantitative estimate of drug-likeness (QED) is 0.526. The van der Waals surface area contributed by atoms with E-state index < -0.39 is 0 Å². The van der Waals surface area contributed by atoms with Crippen LogP contribution < -0.4 is 5.73 Å². The second-order valence-electron chi connectivity index (χ2n) is 4.96. The van der Waals surface area contributed by atoms with Crippen molar-refractivity contribution in [3.05, 3.63) is 59.0 Å². The highest BCUT2D eigenvalue weighted by Gasteiger charge is 2.17. The van der Waals surface area contributed by atoms with Crippen molar-refractivity contribution in [2.45, 2.75) is 0 Å². The first-order valence-corrected chi connectivity index (χ1v) is 7.37. The van der Waals surface area contributed by atoms with Crippen LogP contribution in [0.5, 0.6) is 0 Å². The molecule has 6 heteroatoms. The minimum atomic E-state index is -0.264. The Morgan fingerprint density at radius 2 is 2.05 bits per heavy atom. The number of aromatic nitrogens is 2. The van der Waals surface area contributed by atoms with Gasteiger partial charge in [-0.25, -0.2) is 4.98 Å². The second kappa shape index (κ2) is 4.71. The summed E-state index contributed by atoms with van der Waals surface area (Å²) >= 11 is 3.38. The smallest absolute Gasteiger partial charge is 0.299 e. The molecule has 2 aromatic carbocycles. The van der Waals surface area contributed by atoms with Gasteiger partial charge in [-0.2, -0.15) is 0 Å². The number of carbonyl (C=O) groups is 1. The number of nitrogens with two attached hydrogens (primary N) is 1. The van der Waals surface area contributed by atoms with Gasteiger partial charge in [-0.3, -0.25) is 9.36 Å². The number of nitrogens with zero attached hydrogens (tertiary/aromatic N) is 2. The first kappa shape index (κ1) is 13.1. The van der Waals surface area contributed by atoms with E-state index in [0.29, 0.717) is 22.3 Å². The topological polar surface area (TPSA) is 74.0 Å². The Hall–Kier alpha value is -2.60. The molecule has 0 bridgehead atoms. The Morgan fingerprint density at radius 3 is 2.91 bits per heavy atom. The van der Waals surface area contributed by atoms with Crippen LogP contribution in [0.15, 0.2) is 57.7 Å². The average Bonchev–Trinajstić information content (AvgIpc) is 3.09. The number of rotatable bonds is 1. The van der Waals surface area contributed by atoms with Crippen molar-refractivity contribution in [2.24, 2.45) is 0 Å². The molecule has 0 saturated carbocycles. The van der Waals surface area contributed by atoms with E-state index in [0.717, 1.165) is 9.86 Å². The van der Waals surface area contributed by atoms with E-state index in [-0.39, 0.29) is 11.7 Å². The summed E-state index contributed by atoms with van der Waals surface area (Å²) in [5.74, 6) is 0.00354. The Bertz CT molecular complexity index is 1030. The van der Waals surface area contributed by atoms with Gasteiger partial charge in [-0.1, -0.05) is 15.9 Å². The predicted octanol–water partition coefficient (Wildman–Crippen LogP) is 3.82. The van der Waals surface area contributed by atoms with Gasteiger partial charge in [0.2, 0.25) is 0 Å². The molecule has 0 spiro atoms. The molecule has 4 rings (SSSR count). The molecule has 0 aliphatic carbocycles. The molecule has 2 N–H and O–H groups in total. The minimum absolute atomic E-state index is 0.264. The number of imidazole rings is 1. The van der Waals surface area contributed by atoms with E-state index in [2.05, 4.69) is 20.9 Å². The molecule has 0 fully saturated rings. The lowest BCUT2D eigenvalue weighted by atomic mass is 10.2. The molecule has 108 valence electrons. The molecule has 0 unspecified atom stereocenters. The number of anilines is 1. The Labute approximate surface area is 133 Å². The van der Waals surface area contributed by atoms with Gasteiger partial charge < -0.3 is 10.2 Å². The van der Waals surface area contributed by atoms with Crippen LogP contribution in [0.25, 0.3) is 22.0 Å². The maximum atomic E-state index is 12.6. The molecule has 0 amide bonds. The summed E-state index contributed by atoms with van der Waals surface area (Å²) in [7, 11) is 0. The highest BCUT2D eigenvalue weighted by atomic mass is 79.9. The van der Waals surface area contributed by atoms with Crippen LogP contribution in [-0.2, 0) is 0 Å². The van der Waals surface area contributed by atoms with Crippen molar-refractivity contribution < 1.29 is 9.21 Å². The first-order chi connectivity index (χ1) is 10.6. The third kappa shape index (κ3) is 2.00. The predicted molar refractivity (Wildman–Crippen MR) is 87.8 cm³/mol. The van der Waals surface area contributed by atoms with E-state index in [4.69, 9.17) is 10.2 Å². The molecule has 0 aliphatic rings. The van der Waals surface area contributed by atoms with Crippen molar-refractivity contribution >= 4 is 49.5 Å². The summed E-state index contributed by atoms with van der Waals surface area (Å²) in [5, 5.41) is 0.875. The van der Waals surface area contributed by atoms with Crippen LogP contribution in [0.2, 0.25) is 0 Å². The summed E-state index contributed by atoms with van der Waals surface area (Å²) in [6, 6.07) is 12.6. The minimum Gasteiger partial charge on any atom is -0.451 e. The largest absolute Gasteiger partial charge is 0.451 e. The number of hydrogen-bond donors (Lipinski definition) is 1. The highest BCUT2D eigenvalue weighted by Crippen LogP contribution is 2.25. The van der Waals surface area contributed by atoms with Gasteiger partial charge in [0.15, 0.2) is 5.76 Å². The number of nitrogen functional groups attached to an aromatic ring is 1. The van der Waals surface area contributed by atoms with Gasteiger partial charge in [0, 0.05) is 15.5 Å². The fourth-order valence-corrected chi connectivity index (χ4v) is 2.76. The molecule has 0 saturated heterocycles. The molecular formula is C16H10BrN3O2. The molecule has 5 nitrogen and oxygen atoms in total. The van der Waals surface area contributed by atoms with Gasteiger partial charge in [-0.15, -0.1) is 0 Å². The number of benzene rings is 2. The number of carbonyl (C=O) groups excluding carboxylic acids is 1. The van der Waals surface area contributed by atoms with Crippen LogP contribution >= 0.6 is 15.9 Å². The van der Waals surface area contributed by atoms with E-state index >= 15 is 0 Å². The van der Waals surface area contributed by atoms with Crippen LogP contribution in [0.1, 0.15) is 10.6 Å². The molecule has 0 aliphatic heterocycles. The van der Waals surface area contributed by atoms with Crippen molar-refractivity contribution in [1.82, 2.24) is 9.55 Å². The van der Waals surface area contributed by atoms with E-state index in [9.17, 15) is 4.79 Å². The van der Waals surface area contributed by atoms with Crippen molar-refractivity contribution in [2.75, 3.05) is 5.73 Å². The monoisotopic (exact) mass is 355 g/mol. The zero-order chi connectivity index (χ0) is 15.3. The van der Waals surface area contributed by atoms with Crippen LogP contribution in [-0.4, -0.2) is 15.5 Å². The fraction of sp³-hybridized carbons (Fsp3) is 0. The number of fused-ring (bicyclic) bond motifs is 2. The molecule has 2 aromatic heterocycles. The van der Waals surface area contributed by atoms with Gasteiger partial charge in [0.1, 0.15) is 11.9 Å². The fourth-order valence-electron chi connectivity index (χ4n) is 2.42. The third-order valence-corrected chi connectivity index (χ3v) is 3.98. The molecule has 0 radical (unpaired) electrons. The summed E-state index contributed by atoms with van der Waals surface area (Å²) in [6.07, 6.45) is 1.48. The Balaban J connectivity index is 1.84. The van der Waals surface area contributed by atoms with Gasteiger partial charge in [0.25, 0.3) is 5.91 Å². The zero-order valence-corrected chi connectivity index (χ0v) is 12.9. The summed E-state index contributed by atoms with van der Waals surface area (Å²) in [5.41, 5.74) is 8.37. The summed E-state index contributed by atoms with van der Waals surface area (Å²) < 4.78 is 8.01. The number of furan rings is 1. The standard InChI is InChI=1S/C16H10BrN3O2/c17-10-2-1-9-5-15(22-14(9)6-10)16(21)20-8-19-12-7-11(18)3-4-13(12)20/h1-8H,18H2. The Morgan fingerprint density at radius 1 is 1.18 bits per heavy atom. The normalized spacial score (nSPS) is 11.3. The number of hydrogen-bond acceptors (Lipinski definition) is 4.